The normalized spacial score (nSPS) is 12.5. The first-order valence-electron chi connectivity index (χ1n) is 37.0. The van der Waals surface area contributed by atoms with Crippen molar-refractivity contribution in [3.05, 3.63) is 12.2 Å². The number of rotatable bonds is 70. The number of amides is 1. The van der Waals surface area contributed by atoms with Crippen LogP contribution >= 0.6 is 0 Å². The van der Waals surface area contributed by atoms with E-state index in [4.69, 9.17) is 4.74 Å². The molecule has 0 aromatic rings. The zero-order valence-electron chi connectivity index (χ0n) is 54.6. The zero-order valence-corrected chi connectivity index (χ0v) is 54.6. The Bertz CT molecular complexity index is 1210. The number of esters is 1. The van der Waals surface area contributed by atoms with Crippen molar-refractivity contribution >= 4 is 11.9 Å². The van der Waals surface area contributed by atoms with Gasteiger partial charge in [0.1, 0.15) is 0 Å². The molecule has 0 saturated carbocycles. The summed E-state index contributed by atoms with van der Waals surface area (Å²) in [5.41, 5.74) is 0. The quantitative estimate of drug-likeness (QED) is 0.0320. The highest BCUT2D eigenvalue weighted by Crippen LogP contribution is 2.20. The number of ether oxygens (including phenoxy) is 1. The maximum atomic E-state index is 12.5. The highest BCUT2D eigenvalue weighted by Gasteiger charge is 2.18. The van der Waals surface area contributed by atoms with Crippen molar-refractivity contribution in [3.8, 4) is 0 Å². The second-order valence-corrected chi connectivity index (χ2v) is 25.6. The summed E-state index contributed by atoms with van der Waals surface area (Å²) in [7, 11) is 0. The van der Waals surface area contributed by atoms with Gasteiger partial charge in [0.2, 0.25) is 5.91 Å². The van der Waals surface area contributed by atoms with Crippen LogP contribution < -0.4 is 5.32 Å². The topological polar surface area (TPSA) is 95.9 Å². The molecular formula is C74H145NO5. The van der Waals surface area contributed by atoms with E-state index >= 15 is 0 Å². The minimum atomic E-state index is -0.839. The molecule has 0 aliphatic heterocycles. The molecule has 0 aromatic heterocycles. The second-order valence-electron chi connectivity index (χ2n) is 25.6. The van der Waals surface area contributed by atoms with Gasteiger partial charge in [-0.3, -0.25) is 9.59 Å². The fourth-order valence-corrected chi connectivity index (χ4v) is 11.9. The van der Waals surface area contributed by atoms with E-state index in [1.165, 1.54) is 360 Å². The van der Waals surface area contributed by atoms with Gasteiger partial charge >= 0.3 is 5.97 Å². The maximum absolute atomic E-state index is 12.5. The van der Waals surface area contributed by atoms with Crippen LogP contribution in [0, 0.1) is 0 Å². The molecule has 6 heteroatoms. The van der Waals surface area contributed by atoms with Gasteiger partial charge in [0.25, 0.3) is 0 Å². The van der Waals surface area contributed by atoms with E-state index in [0.717, 1.165) is 38.5 Å². The van der Waals surface area contributed by atoms with Crippen LogP contribution in [0.25, 0.3) is 0 Å². The van der Waals surface area contributed by atoms with E-state index in [2.05, 4.69) is 19.2 Å². The standard InChI is InChI=1S/C74H145NO5/c1-3-5-7-9-11-13-15-17-18-36-40-44-48-52-56-60-64-68-74(79)80-69-65-61-57-53-49-45-41-38-35-33-31-29-27-25-23-21-19-20-22-24-26-28-30-32-34-37-39-43-47-51-55-59-63-67-73(78)75-71(70-76)72(77)66-62-58-54-50-46-42-16-14-12-10-8-6-4-2/h62,66,71-72,76-77H,3-61,63-65,67-70H2,1-2H3,(H,75,78)/b66-62+. The van der Waals surface area contributed by atoms with Gasteiger partial charge in [-0.2, -0.15) is 0 Å². The molecule has 6 nitrogen and oxygen atoms in total. The molecule has 0 rings (SSSR count). The molecule has 0 aliphatic rings. The average molecular weight is 1130 g/mol. The summed E-state index contributed by atoms with van der Waals surface area (Å²) < 4.78 is 5.51. The molecule has 1 amide bonds. The van der Waals surface area contributed by atoms with Crippen molar-refractivity contribution in [2.24, 2.45) is 0 Å². The minimum absolute atomic E-state index is 0.0264. The molecule has 0 aromatic carbocycles. The van der Waals surface area contributed by atoms with Gasteiger partial charge in [-0.05, 0) is 32.1 Å². The molecular weight excluding hydrogens is 983 g/mol. The predicted molar refractivity (Wildman–Crippen MR) is 352 cm³/mol. The summed E-state index contributed by atoms with van der Waals surface area (Å²) in [5, 5.41) is 23.1. The van der Waals surface area contributed by atoms with Crippen molar-refractivity contribution < 1.29 is 24.5 Å². The summed E-state index contributed by atoms with van der Waals surface area (Å²) in [6.45, 7) is 4.95. The van der Waals surface area contributed by atoms with E-state index in [-0.39, 0.29) is 18.5 Å². The van der Waals surface area contributed by atoms with Crippen molar-refractivity contribution in [2.75, 3.05) is 13.2 Å². The van der Waals surface area contributed by atoms with E-state index in [1.807, 2.05) is 6.08 Å². The van der Waals surface area contributed by atoms with Gasteiger partial charge in [-0.15, -0.1) is 0 Å². The smallest absolute Gasteiger partial charge is 0.305 e. The first-order chi connectivity index (χ1) is 39.5. The predicted octanol–water partition coefficient (Wildman–Crippen LogP) is 23.9. The number of aliphatic hydroxyl groups excluding tert-OH is 2. The van der Waals surface area contributed by atoms with Gasteiger partial charge in [-0.25, -0.2) is 0 Å². The van der Waals surface area contributed by atoms with Crippen LogP contribution in [0.2, 0.25) is 0 Å². The third-order valence-corrected chi connectivity index (χ3v) is 17.6. The first kappa shape index (κ1) is 78.6. The third-order valence-electron chi connectivity index (χ3n) is 17.6. The van der Waals surface area contributed by atoms with Crippen LogP contribution in [0.3, 0.4) is 0 Å². The van der Waals surface area contributed by atoms with Crippen molar-refractivity contribution in [1.29, 1.82) is 0 Å². The van der Waals surface area contributed by atoms with Crippen molar-refractivity contribution in [1.82, 2.24) is 5.32 Å². The maximum Gasteiger partial charge on any atom is 0.305 e. The zero-order chi connectivity index (χ0) is 57.8. The summed E-state index contributed by atoms with van der Waals surface area (Å²) >= 11 is 0. The van der Waals surface area contributed by atoms with Gasteiger partial charge in [0, 0.05) is 12.8 Å². The Morgan fingerprint density at radius 1 is 0.338 bits per heavy atom. The number of hydrogen-bond donors (Lipinski definition) is 3. The number of carbonyl (C=O) groups excluding carboxylic acids is 2. The Morgan fingerprint density at radius 3 is 0.850 bits per heavy atom. The summed E-state index contributed by atoms with van der Waals surface area (Å²) in [4.78, 5) is 24.6. The fraction of sp³-hybridized carbons (Fsp3) is 0.946. The molecule has 0 heterocycles. The largest absolute Gasteiger partial charge is 0.466 e. The Balaban J connectivity index is 3.30. The number of hydrogen-bond acceptors (Lipinski definition) is 5. The van der Waals surface area contributed by atoms with Crippen LogP contribution in [-0.4, -0.2) is 47.4 Å². The van der Waals surface area contributed by atoms with Gasteiger partial charge < -0.3 is 20.3 Å². The highest BCUT2D eigenvalue weighted by atomic mass is 16.5. The van der Waals surface area contributed by atoms with Crippen LogP contribution in [0.15, 0.2) is 12.2 Å². The lowest BCUT2D eigenvalue weighted by molar-refractivity contribution is -0.143. The Labute approximate surface area is 501 Å². The molecule has 0 bridgehead atoms. The van der Waals surface area contributed by atoms with Gasteiger partial charge in [-0.1, -0.05) is 392 Å². The van der Waals surface area contributed by atoms with Crippen molar-refractivity contribution in [3.63, 3.8) is 0 Å². The second kappa shape index (κ2) is 70.1. The minimum Gasteiger partial charge on any atom is -0.466 e. The Morgan fingerprint density at radius 2 is 0.575 bits per heavy atom. The molecule has 0 aliphatic carbocycles. The monoisotopic (exact) mass is 1130 g/mol. The summed E-state index contributed by atoms with van der Waals surface area (Å²) in [6.07, 6.45) is 87.5. The number of carbonyl (C=O) groups is 2. The Kier molecular flexibility index (Phi) is 68.9. The Hall–Kier alpha value is -1.40. The van der Waals surface area contributed by atoms with E-state index in [0.29, 0.717) is 19.4 Å². The molecule has 3 N–H and O–H groups in total. The molecule has 80 heavy (non-hydrogen) atoms. The van der Waals surface area contributed by atoms with Crippen LogP contribution in [0.1, 0.15) is 425 Å². The molecule has 0 fully saturated rings. The summed E-state index contributed by atoms with van der Waals surface area (Å²) in [5.74, 6) is -0.0346. The molecule has 2 unspecified atom stereocenters. The SMILES string of the molecule is CCCCCCCCCCCCC/C=C/C(O)C(CO)NC(=O)CCCCCCCCCCCCCCCCCCCCCCCCCCCCCCCCCCCOC(=O)CCCCCCCCCCCCCCCCCCC. The molecule has 476 valence electrons. The summed E-state index contributed by atoms with van der Waals surface area (Å²) in [6, 6.07) is -0.623. The number of unbranched alkanes of at least 4 members (excludes halogenated alkanes) is 59. The lowest BCUT2D eigenvalue weighted by atomic mass is 10.0. The number of allylic oxidation sites excluding steroid dienone is 1. The van der Waals surface area contributed by atoms with E-state index in [9.17, 15) is 19.8 Å². The van der Waals surface area contributed by atoms with E-state index in [1.54, 1.807) is 6.08 Å². The van der Waals surface area contributed by atoms with Crippen LogP contribution in [-0.2, 0) is 14.3 Å². The third kappa shape index (κ3) is 65.7. The van der Waals surface area contributed by atoms with Gasteiger partial charge in [0.05, 0.1) is 25.4 Å². The molecule has 2 atom stereocenters. The molecule has 0 radical (unpaired) electrons. The molecule has 0 saturated heterocycles. The number of nitrogens with one attached hydrogen (secondary N) is 1. The fourth-order valence-electron chi connectivity index (χ4n) is 11.9. The first-order valence-corrected chi connectivity index (χ1v) is 37.0. The lowest BCUT2D eigenvalue weighted by Gasteiger charge is -2.20. The van der Waals surface area contributed by atoms with Crippen molar-refractivity contribution in [2.45, 2.75) is 437 Å². The number of aliphatic hydroxyl groups is 2. The molecule has 0 spiro atoms. The van der Waals surface area contributed by atoms with Crippen LogP contribution in [0.4, 0.5) is 0 Å². The highest BCUT2D eigenvalue weighted by molar-refractivity contribution is 5.76. The van der Waals surface area contributed by atoms with Gasteiger partial charge in [0.15, 0.2) is 0 Å². The van der Waals surface area contributed by atoms with E-state index < -0.39 is 12.1 Å². The van der Waals surface area contributed by atoms with Crippen LogP contribution in [0.5, 0.6) is 0 Å². The average Bonchev–Trinajstić information content (AvgIpc) is 3.46. The lowest BCUT2D eigenvalue weighted by Crippen LogP contribution is -2.45.